The smallest absolute Gasteiger partial charge is 0.240 e. The molecule has 124 valence electrons. The van der Waals surface area contributed by atoms with E-state index < -0.39 is 0 Å². The number of nitrogens with one attached hydrogen (secondary N) is 1. The molecule has 1 aromatic heterocycles. The number of nitrogens with zero attached hydrogens (tertiary/aromatic N) is 3. The van der Waals surface area contributed by atoms with Crippen molar-refractivity contribution < 1.29 is 9.59 Å². The molecule has 2 heterocycles. The first-order valence-corrected chi connectivity index (χ1v) is 8.99. The third kappa shape index (κ3) is 2.80. The van der Waals surface area contributed by atoms with Gasteiger partial charge in [0, 0.05) is 6.04 Å². The van der Waals surface area contributed by atoms with E-state index in [2.05, 4.69) is 10.4 Å². The van der Waals surface area contributed by atoms with Crippen LogP contribution in [0.25, 0.3) is 5.69 Å². The molecule has 1 saturated carbocycles. The fourth-order valence-corrected chi connectivity index (χ4v) is 3.91. The Bertz CT molecular complexity index is 798. The second-order valence-electron chi connectivity index (χ2n) is 6.10. The van der Waals surface area contributed by atoms with Gasteiger partial charge in [-0.25, -0.2) is 4.68 Å². The van der Waals surface area contributed by atoms with E-state index in [9.17, 15) is 9.59 Å². The van der Waals surface area contributed by atoms with Crippen molar-refractivity contribution in [2.75, 3.05) is 17.2 Å². The van der Waals surface area contributed by atoms with Crippen LogP contribution in [-0.2, 0) is 9.59 Å². The number of fused-ring (bicyclic) bond motifs is 1. The van der Waals surface area contributed by atoms with Gasteiger partial charge in [-0.1, -0.05) is 30.0 Å². The van der Waals surface area contributed by atoms with E-state index in [1.807, 2.05) is 41.9 Å². The summed E-state index contributed by atoms with van der Waals surface area (Å²) >= 11 is 1.47. The van der Waals surface area contributed by atoms with Crippen molar-refractivity contribution in [1.82, 2.24) is 15.1 Å². The Morgan fingerprint density at radius 1 is 1.33 bits per heavy atom. The number of amides is 2. The van der Waals surface area contributed by atoms with Gasteiger partial charge in [-0.15, -0.1) is 0 Å². The minimum atomic E-state index is -0.101. The van der Waals surface area contributed by atoms with E-state index in [1.165, 1.54) is 11.8 Å². The monoisotopic (exact) mass is 342 g/mol. The quantitative estimate of drug-likeness (QED) is 0.921. The van der Waals surface area contributed by atoms with Crippen molar-refractivity contribution in [1.29, 1.82) is 0 Å². The highest BCUT2D eigenvalue weighted by molar-refractivity contribution is 8.00. The van der Waals surface area contributed by atoms with E-state index >= 15 is 0 Å². The third-order valence-electron chi connectivity index (χ3n) is 4.14. The van der Waals surface area contributed by atoms with Gasteiger partial charge in [-0.05, 0) is 31.9 Å². The molecule has 1 aromatic carbocycles. The van der Waals surface area contributed by atoms with E-state index in [1.54, 1.807) is 4.90 Å². The molecule has 1 fully saturated rings. The molecule has 0 spiro atoms. The summed E-state index contributed by atoms with van der Waals surface area (Å²) < 4.78 is 1.85. The molecule has 24 heavy (non-hydrogen) atoms. The summed E-state index contributed by atoms with van der Waals surface area (Å²) in [4.78, 5) is 26.1. The average Bonchev–Trinajstić information content (AvgIpc) is 3.32. The number of hydrogen-bond donors (Lipinski definition) is 1. The van der Waals surface area contributed by atoms with Crippen molar-refractivity contribution >= 4 is 29.3 Å². The maximum absolute atomic E-state index is 12.4. The molecule has 1 aliphatic carbocycles. The molecule has 6 nitrogen and oxygen atoms in total. The van der Waals surface area contributed by atoms with E-state index in [-0.39, 0.29) is 18.4 Å². The molecule has 0 saturated heterocycles. The molecule has 4 rings (SSSR count). The minimum Gasteiger partial charge on any atom is -0.352 e. The van der Waals surface area contributed by atoms with Crippen LogP contribution in [0.3, 0.4) is 0 Å². The zero-order valence-electron chi connectivity index (χ0n) is 13.4. The molecular weight excluding hydrogens is 324 g/mol. The Kier molecular flexibility index (Phi) is 3.80. The Balaban J connectivity index is 1.68. The van der Waals surface area contributed by atoms with Gasteiger partial charge >= 0.3 is 0 Å². The SMILES string of the molecule is Cc1nn(-c2ccccc2)c2c1N(CC(=O)NC1CC1)C(=O)CS2. The van der Waals surface area contributed by atoms with Gasteiger partial charge in [-0.3, -0.25) is 14.5 Å². The van der Waals surface area contributed by atoms with Crippen LogP contribution in [0.4, 0.5) is 5.69 Å². The summed E-state index contributed by atoms with van der Waals surface area (Å²) in [5.41, 5.74) is 2.46. The number of para-hydroxylation sites is 1. The number of carbonyl (C=O) groups is 2. The number of rotatable bonds is 4. The van der Waals surface area contributed by atoms with Crippen LogP contribution in [-0.4, -0.2) is 39.9 Å². The second kappa shape index (κ2) is 5.98. The lowest BCUT2D eigenvalue weighted by Gasteiger charge is -2.26. The number of aryl methyl sites for hydroxylation is 1. The van der Waals surface area contributed by atoms with Gasteiger partial charge in [0.1, 0.15) is 11.6 Å². The Morgan fingerprint density at radius 2 is 2.08 bits per heavy atom. The van der Waals surface area contributed by atoms with Gasteiger partial charge in [-0.2, -0.15) is 5.10 Å². The standard InChI is InChI=1S/C17H18N4O2S/c1-11-16-17(21(19-11)13-5-3-2-4-6-13)24-10-15(23)20(16)9-14(22)18-12-7-8-12/h2-6,12H,7-10H2,1H3,(H,18,22). The van der Waals surface area contributed by atoms with E-state index in [0.29, 0.717) is 11.8 Å². The Morgan fingerprint density at radius 3 is 2.79 bits per heavy atom. The number of carbonyl (C=O) groups excluding carboxylic acids is 2. The topological polar surface area (TPSA) is 67.2 Å². The van der Waals surface area contributed by atoms with Crippen LogP contribution in [0.1, 0.15) is 18.5 Å². The molecule has 1 aliphatic heterocycles. The van der Waals surface area contributed by atoms with E-state index in [0.717, 1.165) is 34.9 Å². The molecule has 2 amide bonds. The van der Waals surface area contributed by atoms with Crippen molar-refractivity contribution in [2.45, 2.75) is 30.8 Å². The van der Waals surface area contributed by atoms with Crippen LogP contribution in [0.2, 0.25) is 0 Å². The highest BCUT2D eigenvalue weighted by Gasteiger charge is 2.33. The lowest BCUT2D eigenvalue weighted by atomic mass is 10.3. The predicted molar refractivity (Wildman–Crippen MR) is 92.5 cm³/mol. The van der Waals surface area contributed by atoms with E-state index in [4.69, 9.17) is 0 Å². The lowest BCUT2D eigenvalue weighted by Crippen LogP contribution is -2.44. The number of anilines is 1. The first-order chi connectivity index (χ1) is 11.6. The predicted octanol–water partition coefficient (Wildman–Crippen LogP) is 1.90. The highest BCUT2D eigenvalue weighted by atomic mass is 32.2. The molecule has 0 bridgehead atoms. The molecule has 7 heteroatoms. The number of benzene rings is 1. The summed E-state index contributed by atoms with van der Waals surface area (Å²) in [6.45, 7) is 1.94. The van der Waals surface area contributed by atoms with Crippen LogP contribution >= 0.6 is 11.8 Å². The van der Waals surface area contributed by atoms with Crippen LogP contribution < -0.4 is 10.2 Å². The fraction of sp³-hybridized carbons (Fsp3) is 0.353. The molecule has 0 atom stereocenters. The maximum Gasteiger partial charge on any atom is 0.240 e. The maximum atomic E-state index is 12.4. The van der Waals surface area contributed by atoms with Gasteiger partial charge in [0.25, 0.3) is 0 Å². The molecule has 1 N–H and O–H groups in total. The van der Waals surface area contributed by atoms with Crippen molar-refractivity contribution in [3.05, 3.63) is 36.0 Å². The summed E-state index contributed by atoms with van der Waals surface area (Å²) in [7, 11) is 0. The summed E-state index contributed by atoms with van der Waals surface area (Å²) in [5, 5.41) is 8.46. The van der Waals surface area contributed by atoms with Crippen molar-refractivity contribution in [2.24, 2.45) is 0 Å². The Hall–Kier alpha value is -2.28. The second-order valence-corrected chi connectivity index (χ2v) is 7.06. The molecule has 0 unspecified atom stereocenters. The first-order valence-electron chi connectivity index (χ1n) is 8.01. The largest absolute Gasteiger partial charge is 0.352 e. The zero-order valence-corrected chi connectivity index (χ0v) is 14.2. The first kappa shape index (κ1) is 15.3. The number of hydrogen-bond acceptors (Lipinski definition) is 4. The zero-order chi connectivity index (χ0) is 16.7. The summed E-state index contributed by atoms with van der Waals surface area (Å²) in [6.07, 6.45) is 2.07. The van der Waals surface area contributed by atoms with Gasteiger partial charge in [0.2, 0.25) is 11.8 Å². The summed E-state index contributed by atoms with van der Waals surface area (Å²) in [5.74, 6) is 0.173. The van der Waals surface area contributed by atoms with Crippen LogP contribution in [0.5, 0.6) is 0 Å². The van der Waals surface area contributed by atoms with Crippen molar-refractivity contribution in [3.63, 3.8) is 0 Å². The van der Waals surface area contributed by atoms with Gasteiger partial charge in [0.05, 0.1) is 22.8 Å². The van der Waals surface area contributed by atoms with Gasteiger partial charge in [0.15, 0.2) is 0 Å². The normalized spacial score (nSPS) is 16.9. The van der Waals surface area contributed by atoms with Gasteiger partial charge < -0.3 is 5.32 Å². The van der Waals surface area contributed by atoms with Crippen molar-refractivity contribution in [3.8, 4) is 5.69 Å². The number of aromatic nitrogens is 2. The minimum absolute atomic E-state index is 0.0471. The van der Waals surface area contributed by atoms with Crippen LogP contribution in [0, 0.1) is 6.92 Å². The number of thioether (sulfide) groups is 1. The molecule has 2 aromatic rings. The average molecular weight is 342 g/mol. The molecule has 2 aliphatic rings. The highest BCUT2D eigenvalue weighted by Crippen LogP contribution is 2.39. The molecule has 0 radical (unpaired) electrons. The molecular formula is C17H18N4O2S. The summed E-state index contributed by atoms with van der Waals surface area (Å²) in [6, 6.07) is 10.1. The lowest BCUT2D eigenvalue weighted by molar-refractivity contribution is -0.123. The fourth-order valence-electron chi connectivity index (χ4n) is 2.83. The van der Waals surface area contributed by atoms with Crippen LogP contribution in [0.15, 0.2) is 35.4 Å². The Labute approximate surface area is 144 Å². The third-order valence-corrected chi connectivity index (χ3v) is 5.17.